The van der Waals surface area contributed by atoms with Gasteiger partial charge in [-0.15, -0.1) is 4.39 Å². The van der Waals surface area contributed by atoms with Crippen molar-refractivity contribution in [2.75, 3.05) is 0 Å². The van der Waals surface area contributed by atoms with Crippen LogP contribution in [0.4, 0.5) is 8.78 Å². The molecule has 0 spiro atoms. The van der Waals surface area contributed by atoms with E-state index < -0.39 is 5.82 Å². The molecule has 0 aliphatic carbocycles. The summed E-state index contributed by atoms with van der Waals surface area (Å²) in [6.07, 6.45) is 4.22. The molecule has 0 aromatic carbocycles. The number of halogens is 2. The topological polar surface area (TPSA) is 16.8 Å². The molecule has 0 aliphatic heterocycles. The summed E-state index contributed by atoms with van der Waals surface area (Å²) in [4.78, 5) is 3.65. The summed E-state index contributed by atoms with van der Waals surface area (Å²) in [5.41, 5.74) is 1.26. The fourth-order valence-corrected chi connectivity index (χ4v) is 1.44. The van der Waals surface area contributed by atoms with Crippen molar-refractivity contribution < 1.29 is 13.3 Å². The van der Waals surface area contributed by atoms with Crippen LogP contribution in [0.2, 0.25) is 0 Å². The van der Waals surface area contributed by atoms with Crippen LogP contribution in [-0.2, 0) is 6.54 Å². The SMILES string of the molecule is Cc1cc[n+](Cc2ccncc2F)c(F)c1. The highest BCUT2D eigenvalue weighted by Gasteiger charge is 2.13. The lowest BCUT2D eigenvalue weighted by molar-refractivity contribution is -0.716. The zero-order valence-corrected chi connectivity index (χ0v) is 8.82. The Bertz CT molecular complexity index is 512. The number of aryl methyl sites for hydroxylation is 1. The second-order valence-corrected chi connectivity index (χ2v) is 3.62. The highest BCUT2D eigenvalue weighted by molar-refractivity contribution is 5.11. The predicted molar refractivity (Wildman–Crippen MR) is 54.6 cm³/mol. The molecule has 0 saturated carbocycles. The van der Waals surface area contributed by atoms with Crippen molar-refractivity contribution in [3.8, 4) is 0 Å². The molecule has 0 saturated heterocycles. The number of nitrogens with zero attached hydrogens (tertiary/aromatic N) is 2. The molecule has 0 radical (unpaired) electrons. The molecule has 2 nitrogen and oxygen atoms in total. The lowest BCUT2D eigenvalue weighted by Gasteiger charge is -2.00. The molecule has 2 heterocycles. The van der Waals surface area contributed by atoms with Crippen molar-refractivity contribution in [1.29, 1.82) is 0 Å². The first kappa shape index (κ1) is 10.7. The van der Waals surface area contributed by atoms with E-state index in [2.05, 4.69) is 4.98 Å². The average molecular weight is 221 g/mol. The monoisotopic (exact) mass is 221 g/mol. The number of pyridine rings is 2. The molecule has 2 rings (SSSR count). The first-order valence-electron chi connectivity index (χ1n) is 4.91. The summed E-state index contributed by atoms with van der Waals surface area (Å²) < 4.78 is 28.1. The Morgan fingerprint density at radius 3 is 2.81 bits per heavy atom. The van der Waals surface area contributed by atoms with Crippen LogP contribution in [0.5, 0.6) is 0 Å². The van der Waals surface area contributed by atoms with E-state index in [1.807, 2.05) is 0 Å². The van der Waals surface area contributed by atoms with Crippen LogP contribution < -0.4 is 4.57 Å². The minimum absolute atomic E-state index is 0.167. The fraction of sp³-hybridized carbons (Fsp3) is 0.167. The van der Waals surface area contributed by atoms with Crippen molar-refractivity contribution in [3.63, 3.8) is 0 Å². The molecule has 82 valence electrons. The summed E-state index contributed by atoms with van der Waals surface area (Å²) >= 11 is 0. The van der Waals surface area contributed by atoms with E-state index in [0.717, 1.165) is 11.8 Å². The van der Waals surface area contributed by atoms with Gasteiger partial charge in [-0.05, 0) is 18.6 Å². The fourth-order valence-electron chi connectivity index (χ4n) is 1.44. The normalized spacial score (nSPS) is 10.4. The van der Waals surface area contributed by atoms with Gasteiger partial charge in [0.25, 0.3) is 0 Å². The van der Waals surface area contributed by atoms with Crippen LogP contribution in [0.25, 0.3) is 0 Å². The summed E-state index contributed by atoms with van der Waals surface area (Å²) in [5, 5.41) is 0. The molecule has 0 fully saturated rings. The molecule has 4 heteroatoms. The maximum atomic E-state index is 13.5. The van der Waals surface area contributed by atoms with Crippen LogP contribution in [0.15, 0.2) is 36.8 Å². The number of hydrogen-bond donors (Lipinski definition) is 0. The minimum Gasteiger partial charge on any atom is -0.262 e. The maximum Gasteiger partial charge on any atom is 0.360 e. The summed E-state index contributed by atoms with van der Waals surface area (Å²) in [6, 6.07) is 4.74. The highest BCUT2D eigenvalue weighted by Crippen LogP contribution is 2.04. The van der Waals surface area contributed by atoms with Gasteiger partial charge in [-0.2, -0.15) is 4.57 Å². The molecular weight excluding hydrogens is 210 g/mol. The Labute approximate surface area is 92.2 Å². The van der Waals surface area contributed by atoms with E-state index in [-0.39, 0.29) is 12.5 Å². The highest BCUT2D eigenvalue weighted by atomic mass is 19.1. The molecule has 16 heavy (non-hydrogen) atoms. The van der Waals surface area contributed by atoms with Crippen molar-refractivity contribution in [2.45, 2.75) is 13.5 Å². The number of rotatable bonds is 2. The van der Waals surface area contributed by atoms with Crippen molar-refractivity contribution in [1.82, 2.24) is 4.98 Å². The Kier molecular flexibility index (Phi) is 2.90. The summed E-state index contributed by atoms with van der Waals surface area (Å²) in [7, 11) is 0. The lowest BCUT2D eigenvalue weighted by Crippen LogP contribution is -2.38. The number of hydrogen-bond acceptors (Lipinski definition) is 1. The minimum atomic E-state index is -0.421. The van der Waals surface area contributed by atoms with E-state index >= 15 is 0 Å². The van der Waals surface area contributed by atoms with E-state index in [1.165, 1.54) is 16.8 Å². The van der Waals surface area contributed by atoms with Gasteiger partial charge < -0.3 is 0 Å². The third-order valence-electron chi connectivity index (χ3n) is 2.34. The third-order valence-corrected chi connectivity index (χ3v) is 2.34. The van der Waals surface area contributed by atoms with E-state index in [1.54, 1.807) is 25.3 Å². The van der Waals surface area contributed by atoms with Gasteiger partial charge in [0, 0.05) is 18.3 Å². The van der Waals surface area contributed by atoms with Gasteiger partial charge in [-0.3, -0.25) is 4.98 Å². The third kappa shape index (κ3) is 2.21. The molecule has 0 aliphatic rings. The zero-order valence-electron chi connectivity index (χ0n) is 8.82. The predicted octanol–water partition coefficient (Wildman–Crippen LogP) is 2.00. The molecule has 2 aromatic heterocycles. The molecule has 2 aromatic rings. The van der Waals surface area contributed by atoms with Crippen molar-refractivity contribution >= 4 is 0 Å². The second-order valence-electron chi connectivity index (χ2n) is 3.62. The van der Waals surface area contributed by atoms with Crippen LogP contribution in [-0.4, -0.2) is 4.98 Å². The zero-order chi connectivity index (χ0) is 11.5. The standard InChI is InChI=1S/C12H11F2N2/c1-9-3-5-16(12(14)6-9)8-10-2-4-15-7-11(10)13/h2-7H,8H2,1H3/q+1. The van der Waals surface area contributed by atoms with E-state index in [9.17, 15) is 8.78 Å². The molecule has 0 atom stereocenters. The largest absolute Gasteiger partial charge is 0.360 e. The molecule has 0 bridgehead atoms. The van der Waals surface area contributed by atoms with Gasteiger partial charge in [-0.25, -0.2) is 4.39 Å². The molecular formula is C12H11F2N2+. The Morgan fingerprint density at radius 2 is 2.12 bits per heavy atom. The summed E-state index contributed by atoms with van der Waals surface area (Å²) in [6.45, 7) is 1.97. The first-order valence-corrected chi connectivity index (χ1v) is 4.91. The van der Waals surface area contributed by atoms with Gasteiger partial charge in [0.05, 0.1) is 11.8 Å². The lowest BCUT2D eigenvalue weighted by atomic mass is 10.2. The van der Waals surface area contributed by atoms with Crippen LogP contribution in [0.1, 0.15) is 11.1 Å². The van der Waals surface area contributed by atoms with Crippen molar-refractivity contribution in [2.24, 2.45) is 0 Å². The first-order chi connectivity index (χ1) is 7.66. The van der Waals surface area contributed by atoms with Crippen molar-refractivity contribution in [3.05, 3.63) is 59.7 Å². The van der Waals surface area contributed by atoms with E-state index in [0.29, 0.717) is 5.56 Å². The van der Waals surface area contributed by atoms with Crippen LogP contribution >= 0.6 is 0 Å². The second kappa shape index (κ2) is 4.35. The average Bonchev–Trinajstić information content (AvgIpc) is 2.25. The van der Waals surface area contributed by atoms with Gasteiger partial charge in [0.2, 0.25) is 0 Å². The Hall–Kier alpha value is -1.84. The van der Waals surface area contributed by atoms with Gasteiger partial charge in [-0.1, -0.05) is 0 Å². The molecule has 0 amide bonds. The van der Waals surface area contributed by atoms with Crippen LogP contribution in [0.3, 0.4) is 0 Å². The van der Waals surface area contributed by atoms with Gasteiger partial charge in [0.15, 0.2) is 18.6 Å². The molecule has 0 unspecified atom stereocenters. The van der Waals surface area contributed by atoms with Gasteiger partial charge in [0.1, 0.15) is 0 Å². The Morgan fingerprint density at radius 1 is 1.31 bits per heavy atom. The van der Waals surface area contributed by atoms with Gasteiger partial charge >= 0.3 is 5.95 Å². The molecule has 0 N–H and O–H groups in total. The van der Waals surface area contributed by atoms with E-state index in [4.69, 9.17) is 0 Å². The summed E-state index contributed by atoms with van der Waals surface area (Å²) in [5.74, 6) is -0.800. The maximum absolute atomic E-state index is 13.5. The smallest absolute Gasteiger partial charge is 0.262 e. The van der Waals surface area contributed by atoms with Crippen LogP contribution in [0, 0.1) is 18.7 Å². The number of aromatic nitrogens is 2. The quantitative estimate of drug-likeness (QED) is 0.560. The Balaban J connectivity index is 2.31.